The summed E-state index contributed by atoms with van der Waals surface area (Å²) in [6, 6.07) is 0. The van der Waals surface area contributed by atoms with Crippen molar-refractivity contribution in [1.82, 2.24) is 4.98 Å². The molecule has 0 aliphatic rings. The van der Waals surface area contributed by atoms with Gasteiger partial charge in [-0.3, -0.25) is 10.1 Å². The average molecular weight is 271 g/mol. The zero-order valence-corrected chi connectivity index (χ0v) is 7.96. The molecule has 0 unspecified atom stereocenters. The van der Waals surface area contributed by atoms with Crippen LogP contribution in [0.25, 0.3) is 0 Å². The van der Waals surface area contributed by atoms with Crippen LogP contribution in [0, 0.1) is 15.9 Å². The van der Waals surface area contributed by atoms with E-state index in [9.17, 15) is 23.3 Å². The van der Waals surface area contributed by atoms with E-state index >= 15 is 0 Å². The number of alkyl halides is 2. The maximum Gasteiger partial charge on any atom is 0.318 e. The molecule has 1 rings (SSSR count). The Morgan fingerprint density at radius 3 is 2.50 bits per heavy atom. The Kier molecular flexibility index (Phi) is 3.04. The summed E-state index contributed by atoms with van der Waals surface area (Å²) in [4.78, 5) is 12.3. The Morgan fingerprint density at radius 1 is 1.57 bits per heavy atom. The highest BCUT2D eigenvalue weighted by Crippen LogP contribution is 2.35. The molecule has 8 heteroatoms. The van der Waals surface area contributed by atoms with E-state index in [1.165, 1.54) is 0 Å². The summed E-state index contributed by atoms with van der Waals surface area (Å²) in [5, 5.41) is 10.3. The van der Waals surface area contributed by atoms with Gasteiger partial charge in [-0.1, -0.05) is 0 Å². The van der Waals surface area contributed by atoms with E-state index in [-0.39, 0.29) is 0 Å². The number of nitro groups is 1. The molecular weight excluding hydrogens is 269 g/mol. The summed E-state index contributed by atoms with van der Waals surface area (Å²) < 4.78 is 36.9. The number of rotatable bonds is 2. The normalized spacial score (nSPS) is 10.6. The third-order valence-corrected chi connectivity index (χ3v) is 2.03. The number of aromatic nitrogens is 1. The van der Waals surface area contributed by atoms with Gasteiger partial charge in [0.05, 0.1) is 11.1 Å². The third-order valence-electron chi connectivity index (χ3n) is 1.40. The van der Waals surface area contributed by atoms with Gasteiger partial charge in [0.15, 0.2) is 0 Å². The molecule has 0 aromatic carbocycles. The maximum absolute atomic E-state index is 12.8. The van der Waals surface area contributed by atoms with Gasteiger partial charge in [0.25, 0.3) is 6.43 Å². The lowest BCUT2D eigenvalue weighted by molar-refractivity contribution is -0.389. The molecule has 0 saturated carbocycles. The van der Waals surface area contributed by atoms with Gasteiger partial charge >= 0.3 is 5.69 Å². The molecule has 76 valence electrons. The summed E-state index contributed by atoms with van der Waals surface area (Å²) in [6.45, 7) is 0. The number of hydrogen-bond acceptors (Lipinski definition) is 3. The average Bonchev–Trinajstić information content (AvgIpc) is 2.07. The first-order chi connectivity index (χ1) is 6.45. The highest BCUT2D eigenvalue weighted by atomic mass is 79.9. The Labute approximate surface area is 84.0 Å². The van der Waals surface area contributed by atoms with E-state index < -0.39 is 33.0 Å². The summed E-state index contributed by atoms with van der Waals surface area (Å²) >= 11 is 2.59. The molecule has 0 bridgehead atoms. The van der Waals surface area contributed by atoms with Crippen LogP contribution in [0.5, 0.6) is 0 Å². The minimum absolute atomic E-state index is 0.430. The van der Waals surface area contributed by atoms with E-state index in [0.717, 1.165) is 0 Å². The van der Waals surface area contributed by atoms with Gasteiger partial charge in [0.2, 0.25) is 5.82 Å². The standard InChI is InChI=1S/C6H2BrF3N2O2/c7-5-3(6(9)10)4(12(13)14)2(8)1-11-5/h1,6H. The van der Waals surface area contributed by atoms with E-state index in [4.69, 9.17) is 0 Å². The van der Waals surface area contributed by atoms with Crippen LogP contribution in [0.3, 0.4) is 0 Å². The topological polar surface area (TPSA) is 56.0 Å². The van der Waals surface area contributed by atoms with E-state index in [2.05, 4.69) is 20.9 Å². The van der Waals surface area contributed by atoms with Crippen molar-refractivity contribution in [3.63, 3.8) is 0 Å². The molecule has 14 heavy (non-hydrogen) atoms. The van der Waals surface area contributed by atoms with E-state index in [0.29, 0.717) is 6.20 Å². The van der Waals surface area contributed by atoms with E-state index in [1.807, 2.05) is 0 Å². The Bertz CT molecular complexity index is 386. The zero-order valence-electron chi connectivity index (χ0n) is 6.38. The molecule has 1 heterocycles. The second kappa shape index (κ2) is 3.91. The second-order valence-corrected chi connectivity index (χ2v) is 2.97. The Hall–Kier alpha value is -1.18. The third kappa shape index (κ3) is 1.84. The number of nitrogens with zero attached hydrogens (tertiary/aromatic N) is 2. The second-order valence-electron chi connectivity index (χ2n) is 2.22. The quantitative estimate of drug-likeness (QED) is 0.472. The van der Waals surface area contributed by atoms with Crippen LogP contribution >= 0.6 is 15.9 Å². The van der Waals surface area contributed by atoms with Crippen molar-refractivity contribution in [1.29, 1.82) is 0 Å². The smallest absolute Gasteiger partial charge is 0.258 e. The minimum Gasteiger partial charge on any atom is -0.258 e. The lowest BCUT2D eigenvalue weighted by Crippen LogP contribution is -2.02. The van der Waals surface area contributed by atoms with Crippen molar-refractivity contribution < 1.29 is 18.1 Å². The molecule has 1 aromatic rings. The fourth-order valence-corrected chi connectivity index (χ4v) is 1.31. The Balaban J connectivity index is 3.50. The van der Waals surface area contributed by atoms with Crippen LogP contribution in [0.1, 0.15) is 12.0 Å². The highest BCUT2D eigenvalue weighted by Gasteiger charge is 2.29. The molecule has 0 spiro atoms. The predicted octanol–water partition coefficient (Wildman–Crippen LogP) is 2.83. The molecule has 0 N–H and O–H groups in total. The maximum atomic E-state index is 12.8. The van der Waals surface area contributed by atoms with Gasteiger partial charge < -0.3 is 0 Å². The molecule has 0 fully saturated rings. The monoisotopic (exact) mass is 270 g/mol. The largest absolute Gasteiger partial charge is 0.318 e. The number of pyridine rings is 1. The molecule has 1 aromatic heterocycles. The number of hydrogen-bond donors (Lipinski definition) is 0. The molecule has 0 saturated heterocycles. The van der Waals surface area contributed by atoms with Crippen LogP contribution < -0.4 is 0 Å². The summed E-state index contributed by atoms with van der Waals surface area (Å²) in [6.07, 6.45) is -2.65. The first-order valence-electron chi connectivity index (χ1n) is 3.21. The van der Waals surface area contributed by atoms with Crippen molar-refractivity contribution >= 4 is 21.6 Å². The van der Waals surface area contributed by atoms with Crippen molar-refractivity contribution in [2.75, 3.05) is 0 Å². The van der Waals surface area contributed by atoms with Gasteiger partial charge in [-0.05, 0) is 15.9 Å². The molecule has 0 atom stereocenters. The van der Waals surface area contributed by atoms with Crippen molar-refractivity contribution in [2.45, 2.75) is 6.43 Å². The first kappa shape index (κ1) is 10.9. The fraction of sp³-hybridized carbons (Fsp3) is 0.167. The van der Waals surface area contributed by atoms with Crippen molar-refractivity contribution in [2.24, 2.45) is 0 Å². The van der Waals surface area contributed by atoms with Crippen LogP contribution in [0.4, 0.5) is 18.9 Å². The predicted molar refractivity (Wildman–Crippen MR) is 43.5 cm³/mol. The molecule has 0 aliphatic carbocycles. The summed E-state index contributed by atoms with van der Waals surface area (Å²) in [5.41, 5.74) is -2.29. The molecule has 0 amide bonds. The van der Waals surface area contributed by atoms with Crippen molar-refractivity contribution in [3.05, 3.63) is 32.3 Å². The molecular formula is C6H2BrF3N2O2. The molecule has 4 nitrogen and oxygen atoms in total. The fourth-order valence-electron chi connectivity index (χ4n) is 0.849. The lowest BCUT2D eigenvalue weighted by atomic mass is 10.2. The number of halogens is 4. The zero-order chi connectivity index (χ0) is 10.9. The SMILES string of the molecule is O=[N+]([O-])c1c(F)cnc(Br)c1C(F)F. The van der Waals surface area contributed by atoms with Gasteiger partial charge in [-0.15, -0.1) is 0 Å². The summed E-state index contributed by atoms with van der Waals surface area (Å²) in [7, 11) is 0. The minimum atomic E-state index is -3.16. The van der Waals surface area contributed by atoms with Crippen LogP contribution in [-0.2, 0) is 0 Å². The lowest BCUT2D eigenvalue weighted by Gasteiger charge is -2.03. The highest BCUT2D eigenvalue weighted by molar-refractivity contribution is 9.10. The van der Waals surface area contributed by atoms with Crippen LogP contribution in [0.2, 0.25) is 0 Å². The van der Waals surface area contributed by atoms with E-state index in [1.54, 1.807) is 0 Å². The molecule has 0 aliphatic heterocycles. The molecule has 0 radical (unpaired) electrons. The van der Waals surface area contributed by atoms with Gasteiger partial charge in [-0.25, -0.2) is 13.8 Å². The van der Waals surface area contributed by atoms with Crippen LogP contribution in [0.15, 0.2) is 10.8 Å². The first-order valence-corrected chi connectivity index (χ1v) is 4.01. The van der Waals surface area contributed by atoms with Gasteiger partial charge in [0.1, 0.15) is 10.2 Å². The van der Waals surface area contributed by atoms with Crippen LogP contribution in [-0.4, -0.2) is 9.91 Å². The van der Waals surface area contributed by atoms with Gasteiger partial charge in [0, 0.05) is 0 Å². The Morgan fingerprint density at radius 2 is 2.14 bits per heavy atom. The van der Waals surface area contributed by atoms with Gasteiger partial charge in [-0.2, -0.15) is 4.39 Å². The summed E-state index contributed by atoms with van der Waals surface area (Å²) in [5.74, 6) is -1.38. The van der Waals surface area contributed by atoms with Crippen molar-refractivity contribution in [3.8, 4) is 0 Å².